The van der Waals surface area contributed by atoms with Gasteiger partial charge in [-0.25, -0.2) is 9.13 Å². The number of carbonyl (C=O) groups excluding carboxylic acids is 4. The van der Waals surface area contributed by atoms with Gasteiger partial charge < -0.3 is 33.8 Å². The van der Waals surface area contributed by atoms with Crippen LogP contribution in [0.25, 0.3) is 0 Å². The van der Waals surface area contributed by atoms with Gasteiger partial charge in [0.15, 0.2) is 12.2 Å². The van der Waals surface area contributed by atoms with E-state index in [0.29, 0.717) is 25.7 Å². The smallest absolute Gasteiger partial charge is 0.462 e. The Kier molecular flexibility index (Phi) is 64.3. The van der Waals surface area contributed by atoms with Gasteiger partial charge in [0.2, 0.25) is 0 Å². The molecule has 0 rings (SSSR count). The van der Waals surface area contributed by atoms with Gasteiger partial charge in [-0.1, -0.05) is 331 Å². The monoisotopic (exact) mass is 1380 g/mol. The molecule has 0 amide bonds. The van der Waals surface area contributed by atoms with Gasteiger partial charge in [-0.3, -0.25) is 37.3 Å². The highest BCUT2D eigenvalue weighted by molar-refractivity contribution is 7.47. The van der Waals surface area contributed by atoms with Crippen LogP contribution in [0.2, 0.25) is 0 Å². The van der Waals surface area contributed by atoms with Crippen LogP contribution >= 0.6 is 15.6 Å². The fourth-order valence-corrected chi connectivity index (χ4v) is 13.0. The molecule has 0 fully saturated rings. The summed E-state index contributed by atoms with van der Waals surface area (Å²) < 4.78 is 68.5. The minimum absolute atomic E-state index is 0.105. The van der Waals surface area contributed by atoms with Crippen molar-refractivity contribution in [3.05, 3.63) is 0 Å². The van der Waals surface area contributed by atoms with Crippen LogP contribution in [0.4, 0.5) is 0 Å². The summed E-state index contributed by atoms with van der Waals surface area (Å²) in [6.07, 6.45) is 51.2. The maximum atomic E-state index is 13.1. The minimum Gasteiger partial charge on any atom is -0.462 e. The molecule has 0 aromatic heterocycles. The van der Waals surface area contributed by atoms with Crippen molar-refractivity contribution in [2.24, 2.45) is 17.8 Å². The summed E-state index contributed by atoms with van der Waals surface area (Å²) in [6.45, 7) is 11.9. The Morgan fingerprint density at radius 2 is 0.543 bits per heavy atom. The highest BCUT2D eigenvalue weighted by Crippen LogP contribution is 2.45. The van der Waals surface area contributed by atoms with E-state index < -0.39 is 97.5 Å². The van der Waals surface area contributed by atoms with Crippen LogP contribution < -0.4 is 0 Å². The zero-order valence-electron chi connectivity index (χ0n) is 61.4. The molecule has 0 bridgehead atoms. The van der Waals surface area contributed by atoms with E-state index in [1.165, 1.54) is 193 Å². The average molecular weight is 1380 g/mol. The number of phosphoric ester groups is 2. The van der Waals surface area contributed by atoms with Crippen molar-refractivity contribution in [1.82, 2.24) is 0 Å². The van der Waals surface area contributed by atoms with Crippen molar-refractivity contribution in [2.45, 2.75) is 401 Å². The molecule has 19 heteroatoms. The summed E-state index contributed by atoms with van der Waals surface area (Å²) in [6, 6.07) is 0. The highest BCUT2D eigenvalue weighted by Gasteiger charge is 2.30. The Balaban J connectivity index is 5.27. The van der Waals surface area contributed by atoms with Gasteiger partial charge in [0, 0.05) is 25.7 Å². The first kappa shape index (κ1) is 92.1. The third-order valence-electron chi connectivity index (χ3n) is 17.7. The van der Waals surface area contributed by atoms with E-state index in [1.54, 1.807) is 0 Å². The Morgan fingerprint density at radius 1 is 0.309 bits per heavy atom. The first-order chi connectivity index (χ1) is 45.3. The number of unbranched alkanes of at least 4 members (excludes halogenated alkanes) is 40. The largest absolute Gasteiger partial charge is 0.472 e. The summed E-state index contributed by atoms with van der Waals surface area (Å²) in [5, 5.41) is 10.6. The lowest BCUT2D eigenvalue weighted by atomic mass is 9.99. The van der Waals surface area contributed by atoms with Gasteiger partial charge in [0.1, 0.15) is 19.3 Å². The van der Waals surface area contributed by atoms with Gasteiger partial charge in [-0.05, 0) is 43.4 Å². The van der Waals surface area contributed by atoms with Crippen molar-refractivity contribution in [1.29, 1.82) is 0 Å². The number of carbonyl (C=O) groups is 4. The summed E-state index contributed by atoms with van der Waals surface area (Å²) in [4.78, 5) is 72.8. The third-order valence-corrected chi connectivity index (χ3v) is 19.6. The topological polar surface area (TPSA) is 237 Å². The number of phosphoric acid groups is 2. The van der Waals surface area contributed by atoms with Gasteiger partial charge in [0.25, 0.3) is 0 Å². The van der Waals surface area contributed by atoms with E-state index in [4.69, 9.17) is 37.0 Å². The molecule has 3 unspecified atom stereocenters. The third kappa shape index (κ3) is 67.3. The molecule has 3 N–H and O–H groups in total. The van der Waals surface area contributed by atoms with E-state index in [-0.39, 0.29) is 25.7 Å². The Labute approximate surface area is 575 Å². The Hall–Kier alpha value is -1.94. The number of aliphatic hydroxyl groups excluding tert-OH is 1. The molecule has 0 saturated carbocycles. The van der Waals surface area contributed by atoms with Gasteiger partial charge in [-0.15, -0.1) is 0 Å². The number of hydrogen-bond donors (Lipinski definition) is 3. The second-order valence-corrected chi connectivity index (χ2v) is 31.1. The van der Waals surface area contributed by atoms with Crippen molar-refractivity contribution >= 4 is 39.5 Å². The Morgan fingerprint density at radius 3 is 0.809 bits per heavy atom. The number of esters is 4. The first-order valence-electron chi connectivity index (χ1n) is 38.9. The molecule has 0 aromatic rings. The molecule has 0 heterocycles. The van der Waals surface area contributed by atoms with Crippen LogP contribution in [0.15, 0.2) is 0 Å². The summed E-state index contributed by atoms with van der Waals surface area (Å²) in [7, 11) is -9.91. The van der Waals surface area contributed by atoms with E-state index in [9.17, 15) is 43.2 Å². The van der Waals surface area contributed by atoms with E-state index in [0.717, 1.165) is 108 Å². The molecule has 0 aliphatic rings. The quantitative estimate of drug-likeness (QED) is 0.0222. The zero-order chi connectivity index (χ0) is 69.4. The molecule has 94 heavy (non-hydrogen) atoms. The van der Waals surface area contributed by atoms with Crippen LogP contribution in [-0.2, 0) is 65.4 Å². The van der Waals surface area contributed by atoms with Crippen LogP contribution in [0.1, 0.15) is 382 Å². The Bertz CT molecular complexity index is 1840. The van der Waals surface area contributed by atoms with Gasteiger partial charge in [-0.2, -0.15) is 0 Å². The second kappa shape index (κ2) is 65.7. The summed E-state index contributed by atoms with van der Waals surface area (Å²) in [5.74, 6) is 0.170. The van der Waals surface area contributed by atoms with Gasteiger partial charge >= 0.3 is 39.5 Å². The summed E-state index contributed by atoms with van der Waals surface area (Å²) >= 11 is 0. The zero-order valence-corrected chi connectivity index (χ0v) is 63.2. The molecular weight excluding hydrogens is 1230 g/mol. The SMILES string of the molecule is CCCCCCCCCCCCCCCCCCC(=O)O[C@H](COC(=O)CCCCCCCCCCCCC(C)C)COP(=O)(O)OC[C@@H](O)COP(=O)(O)OC[C@@H](COC(=O)CCCCCCCCCCC(C)CC)OC(=O)CCCCCCCCCCCCC(C)C. The van der Waals surface area contributed by atoms with Crippen molar-refractivity contribution in [3.63, 3.8) is 0 Å². The molecule has 558 valence electrons. The molecule has 0 aliphatic heterocycles. The van der Waals surface area contributed by atoms with Crippen LogP contribution in [0.3, 0.4) is 0 Å². The molecule has 0 aliphatic carbocycles. The van der Waals surface area contributed by atoms with Crippen LogP contribution in [0.5, 0.6) is 0 Å². The second-order valence-electron chi connectivity index (χ2n) is 28.2. The van der Waals surface area contributed by atoms with Crippen LogP contribution in [-0.4, -0.2) is 96.7 Å². The number of aliphatic hydroxyl groups is 1. The van der Waals surface area contributed by atoms with Crippen molar-refractivity contribution in [2.75, 3.05) is 39.6 Å². The maximum absolute atomic E-state index is 13.1. The molecule has 17 nitrogen and oxygen atoms in total. The lowest BCUT2D eigenvalue weighted by Crippen LogP contribution is -2.30. The van der Waals surface area contributed by atoms with Gasteiger partial charge in [0.05, 0.1) is 26.4 Å². The van der Waals surface area contributed by atoms with E-state index in [1.807, 2.05) is 0 Å². The fraction of sp³-hybridized carbons (Fsp3) is 0.947. The molecule has 0 saturated heterocycles. The van der Waals surface area contributed by atoms with E-state index >= 15 is 0 Å². The van der Waals surface area contributed by atoms with Crippen molar-refractivity contribution in [3.8, 4) is 0 Å². The number of hydrogen-bond acceptors (Lipinski definition) is 15. The number of rotatable bonds is 73. The van der Waals surface area contributed by atoms with Crippen LogP contribution in [0, 0.1) is 17.8 Å². The highest BCUT2D eigenvalue weighted by atomic mass is 31.2. The minimum atomic E-state index is -4.96. The maximum Gasteiger partial charge on any atom is 0.472 e. The fourth-order valence-electron chi connectivity index (χ4n) is 11.4. The number of ether oxygens (including phenoxy) is 4. The molecule has 0 radical (unpaired) electrons. The predicted octanol–water partition coefficient (Wildman–Crippen LogP) is 21.8. The predicted molar refractivity (Wildman–Crippen MR) is 381 cm³/mol. The molecule has 0 spiro atoms. The normalized spacial score (nSPS) is 14.4. The van der Waals surface area contributed by atoms with E-state index in [2.05, 4.69) is 48.5 Å². The average Bonchev–Trinajstić information content (AvgIpc) is 1.31. The molecular formula is C75H146O17P2. The molecule has 6 atom stereocenters. The van der Waals surface area contributed by atoms with Crippen molar-refractivity contribution < 1.29 is 80.2 Å². The lowest BCUT2D eigenvalue weighted by Gasteiger charge is -2.21. The standard InChI is InChI=1S/C75H146O17P2/c1-8-10-11-12-13-14-15-16-17-18-19-20-28-37-44-51-58-74(79)91-70(62-85-72(77)56-49-42-35-27-23-21-25-32-39-46-53-66(3)4)64-89-93(81,82)87-60-69(76)61-88-94(83,84)90-65-71(63-86-73(78)57-50-43-36-31-30-34-41-48-55-68(7)9-2)92-75(80)59-52-45-38-29-24-22-26-33-40-47-54-67(5)6/h66-71,76H,8-65H2,1-7H3,(H,81,82)(H,83,84)/t68?,69-,70-,71-/m1/s1. The lowest BCUT2D eigenvalue weighted by molar-refractivity contribution is -0.161. The summed E-state index contributed by atoms with van der Waals surface area (Å²) in [5.41, 5.74) is 0. The molecule has 0 aromatic carbocycles. The first-order valence-corrected chi connectivity index (χ1v) is 41.9.